The molecule has 1 aromatic heterocycles. The number of pyridine rings is 1. The van der Waals surface area contributed by atoms with Crippen LogP contribution in [0.25, 0.3) is 10.8 Å². The van der Waals surface area contributed by atoms with E-state index in [0.29, 0.717) is 0 Å². The van der Waals surface area contributed by atoms with Gasteiger partial charge in [-0.3, -0.25) is 4.98 Å². The molecule has 1 heteroatoms. The number of aromatic nitrogens is 1. The molecule has 2 aromatic rings. The number of fused-ring (bicyclic) bond motifs is 1. The van der Waals surface area contributed by atoms with Gasteiger partial charge in [0.2, 0.25) is 0 Å². The Balaban J connectivity index is 0. The van der Waals surface area contributed by atoms with Crippen LogP contribution in [0.5, 0.6) is 0 Å². The van der Waals surface area contributed by atoms with E-state index in [4.69, 9.17) is 0 Å². The lowest BCUT2D eigenvalue weighted by Gasteiger charge is -2.02. The molecule has 0 N–H and O–H groups in total. The standard InChI is InChI=1S/C11H11N.3C2H6/c1-8-4-3-5-10-9(2)6-12-7-11(8)10;3*1-2/h3-7H,1-2H3;3*1-2H3. The second-order valence-corrected chi connectivity index (χ2v) is 3.13. The van der Waals surface area contributed by atoms with Crippen molar-refractivity contribution in [1.29, 1.82) is 0 Å². The highest BCUT2D eigenvalue weighted by Crippen LogP contribution is 2.19. The van der Waals surface area contributed by atoms with E-state index in [0.717, 1.165) is 0 Å². The highest BCUT2D eigenvalue weighted by Gasteiger charge is 1.97. The van der Waals surface area contributed by atoms with E-state index >= 15 is 0 Å². The van der Waals surface area contributed by atoms with Crippen molar-refractivity contribution in [2.75, 3.05) is 0 Å². The van der Waals surface area contributed by atoms with Gasteiger partial charge in [0.05, 0.1) is 0 Å². The van der Waals surface area contributed by atoms with Gasteiger partial charge in [0.1, 0.15) is 0 Å². The fourth-order valence-electron chi connectivity index (χ4n) is 1.49. The topological polar surface area (TPSA) is 12.9 Å². The van der Waals surface area contributed by atoms with Crippen LogP contribution < -0.4 is 0 Å². The van der Waals surface area contributed by atoms with Crippen molar-refractivity contribution in [3.8, 4) is 0 Å². The zero-order chi connectivity index (χ0) is 14.6. The number of nitrogens with zero attached hydrogens (tertiary/aromatic N) is 1. The molecule has 0 aliphatic heterocycles. The predicted octanol–water partition coefficient (Wildman–Crippen LogP) is 5.93. The first-order chi connectivity index (χ1) is 8.79. The third-order valence-corrected chi connectivity index (χ3v) is 2.22. The van der Waals surface area contributed by atoms with Crippen molar-refractivity contribution < 1.29 is 0 Å². The average Bonchev–Trinajstić information content (AvgIpc) is 2.47. The van der Waals surface area contributed by atoms with Gasteiger partial charge in [-0.05, 0) is 30.4 Å². The van der Waals surface area contributed by atoms with Gasteiger partial charge in [-0.1, -0.05) is 59.7 Å². The lowest BCUT2D eigenvalue weighted by Crippen LogP contribution is -1.83. The second kappa shape index (κ2) is 12.1. The molecule has 0 aliphatic carbocycles. The summed E-state index contributed by atoms with van der Waals surface area (Å²) in [4.78, 5) is 4.17. The van der Waals surface area contributed by atoms with E-state index in [-0.39, 0.29) is 0 Å². The molecule has 1 heterocycles. The fourth-order valence-corrected chi connectivity index (χ4v) is 1.49. The Morgan fingerprint density at radius 2 is 1.22 bits per heavy atom. The van der Waals surface area contributed by atoms with Crippen molar-refractivity contribution in [2.24, 2.45) is 0 Å². The normalized spacial score (nSPS) is 8.00. The first-order valence-electron chi connectivity index (χ1n) is 7.09. The number of benzene rings is 1. The molecular weight excluding hydrogens is 218 g/mol. The van der Waals surface area contributed by atoms with Gasteiger partial charge >= 0.3 is 0 Å². The number of aryl methyl sites for hydroxylation is 2. The minimum Gasteiger partial charge on any atom is -0.264 e. The van der Waals surface area contributed by atoms with E-state index < -0.39 is 0 Å². The second-order valence-electron chi connectivity index (χ2n) is 3.13. The summed E-state index contributed by atoms with van der Waals surface area (Å²) in [5, 5.41) is 2.57. The summed E-state index contributed by atoms with van der Waals surface area (Å²) in [6.45, 7) is 16.2. The van der Waals surface area contributed by atoms with Crippen molar-refractivity contribution in [3.63, 3.8) is 0 Å². The fraction of sp³-hybridized carbons (Fsp3) is 0.471. The van der Waals surface area contributed by atoms with Crippen molar-refractivity contribution in [2.45, 2.75) is 55.4 Å². The number of hydrogen-bond acceptors (Lipinski definition) is 1. The molecule has 18 heavy (non-hydrogen) atoms. The highest BCUT2D eigenvalue weighted by molar-refractivity contribution is 5.87. The van der Waals surface area contributed by atoms with Crippen LogP contribution in [0.15, 0.2) is 30.6 Å². The van der Waals surface area contributed by atoms with Crippen LogP contribution in [0.3, 0.4) is 0 Å². The maximum absolute atomic E-state index is 4.17. The largest absolute Gasteiger partial charge is 0.264 e. The van der Waals surface area contributed by atoms with Gasteiger partial charge in [-0.2, -0.15) is 0 Å². The van der Waals surface area contributed by atoms with Crippen molar-refractivity contribution in [1.82, 2.24) is 4.98 Å². The Morgan fingerprint density at radius 1 is 0.667 bits per heavy atom. The summed E-state index contributed by atoms with van der Waals surface area (Å²) in [6.07, 6.45) is 3.83. The quantitative estimate of drug-likeness (QED) is 0.562. The SMILES string of the molecule is CC.CC.CC.Cc1cncc2c(C)cccc12. The van der Waals surface area contributed by atoms with E-state index in [1.165, 1.54) is 21.9 Å². The summed E-state index contributed by atoms with van der Waals surface area (Å²) < 4.78 is 0. The van der Waals surface area contributed by atoms with Crippen LogP contribution in [-0.2, 0) is 0 Å². The Hall–Kier alpha value is -1.37. The molecule has 0 saturated heterocycles. The summed E-state index contributed by atoms with van der Waals surface area (Å²) >= 11 is 0. The molecule has 0 fully saturated rings. The van der Waals surface area contributed by atoms with Gasteiger partial charge in [-0.25, -0.2) is 0 Å². The molecule has 0 unspecified atom stereocenters. The molecule has 1 nitrogen and oxygen atoms in total. The number of rotatable bonds is 0. The molecule has 0 radical (unpaired) electrons. The highest BCUT2D eigenvalue weighted by atomic mass is 14.6. The molecule has 102 valence electrons. The van der Waals surface area contributed by atoms with Crippen molar-refractivity contribution in [3.05, 3.63) is 41.7 Å². The molecule has 0 spiro atoms. The molecular formula is C17H29N. The van der Waals surface area contributed by atoms with Crippen LogP contribution in [-0.4, -0.2) is 4.98 Å². The lowest BCUT2D eigenvalue weighted by molar-refractivity contribution is 1.30. The van der Waals surface area contributed by atoms with Crippen LogP contribution in [0.4, 0.5) is 0 Å². The molecule has 0 bridgehead atoms. The van der Waals surface area contributed by atoms with Crippen molar-refractivity contribution >= 4 is 10.8 Å². The summed E-state index contributed by atoms with van der Waals surface area (Å²) in [5.41, 5.74) is 2.54. The maximum Gasteiger partial charge on any atom is 0.0349 e. The molecule has 0 atom stereocenters. The van der Waals surface area contributed by atoms with E-state index in [1.807, 2.05) is 53.9 Å². The zero-order valence-corrected chi connectivity index (χ0v) is 13.3. The Bertz CT molecular complexity index is 378. The smallest absolute Gasteiger partial charge is 0.0349 e. The average molecular weight is 247 g/mol. The molecule has 0 aliphatic rings. The van der Waals surface area contributed by atoms with Gasteiger partial charge in [0, 0.05) is 17.8 Å². The van der Waals surface area contributed by atoms with E-state index in [9.17, 15) is 0 Å². The Labute approximate surface area is 113 Å². The Morgan fingerprint density at radius 3 is 1.72 bits per heavy atom. The van der Waals surface area contributed by atoms with Gasteiger partial charge < -0.3 is 0 Å². The third-order valence-electron chi connectivity index (χ3n) is 2.22. The van der Waals surface area contributed by atoms with Gasteiger partial charge in [0.25, 0.3) is 0 Å². The first-order valence-corrected chi connectivity index (χ1v) is 7.09. The molecule has 2 rings (SSSR count). The van der Waals surface area contributed by atoms with Crippen LogP contribution in [0.1, 0.15) is 52.7 Å². The minimum atomic E-state index is 1.25. The Kier molecular flexibility index (Phi) is 12.8. The first kappa shape index (κ1) is 19.0. The monoisotopic (exact) mass is 247 g/mol. The zero-order valence-electron chi connectivity index (χ0n) is 13.3. The predicted molar refractivity (Wildman–Crippen MR) is 85.3 cm³/mol. The lowest BCUT2D eigenvalue weighted by atomic mass is 10.1. The van der Waals surface area contributed by atoms with Gasteiger partial charge in [-0.15, -0.1) is 0 Å². The summed E-state index contributed by atoms with van der Waals surface area (Å²) in [7, 11) is 0. The molecule has 0 saturated carbocycles. The summed E-state index contributed by atoms with van der Waals surface area (Å²) in [6, 6.07) is 6.34. The molecule has 1 aromatic carbocycles. The number of hydrogen-bond donors (Lipinski definition) is 0. The third kappa shape index (κ3) is 5.31. The van der Waals surface area contributed by atoms with E-state index in [1.54, 1.807) is 0 Å². The maximum atomic E-state index is 4.17. The minimum absolute atomic E-state index is 1.25. The van der Waals surface area contributed by atoms with Crippen LogP contribution >= 0.6 is 0 Å². The molecule has 0 amide bonds. The van der Waals surface area contributed by atoms with Crippen LogP contribution in [0.2, 0.25) is 0 Å². The van der Waals surface area contributed by atoms with E-state index in [2.05, 4.69) is 37.0 Å². The summed E-state index contributed by atoms with van der Waals surface area (Å²) in [5.74, 6) is 0. The van der Waals surface area contributed by atoms with Crippen LogP contribution in [0, 0.1) is 13.8 Å². The van der Waals surface area contributed by atoms with Gasteiger partial charge in [0.15, 0.2) is 0 Å².